The van der Waals surface area contributed by atoms with Crippen molar-refractivity contribution in [3.8, 4) is 78.7 Å². The average molecular weight is 1070 g/mol. The van der Waals surface area contributed by atoms with Gasteiger partial charge in [-0.15, -0.1) is 0 Å². The molecule has 1 aromatic heterocycles. The Morgan fingerprint density at radius 3 is 1.52 bits per heavy atom. The highest BCUT2D eigenvalue weighted by atomic mass is 15.0. The number of nitrogens with zero attached hydrogens (tertiary/aromatic N) is 3. The summed E-state index contributed by atoms with van der Waals surface area (Å²) in [5, 5.41) is 4.69. The summed E-state index contributed by atoms with van der Waals surface area (Å²) < 4.78 is 0. The predicted molar refractivity (Wildman–Crippen MR) is 341 cm³/mol. The zero-order valence-electron chi connectivity index (χ0n) is 46.9. The van der Waals surface area contributed by atoms with Crippen molar-refractivity contribution in [1.82, 2.24) is 15.0 Å². The van der Waals surface area contributed by atoms with Gasteiger partial charge in [-0.25, -0.2) is 15.0 Å². The molecule has 83 heavy (non-hydrogen) atoms. The van der Waals surface area contributed by atoms with Gasteiger partial charge in [-0.1, -0.05) is 255 Å². The number of fused-ring (bicyclic) bond motifs is 8. The molecule has 6 unspecified atom stereocenters. The summed E-state index contributed by atoms with van der Waals surface area (Å²) in [6.07, 6.45) is 9.34. The first kappa shape index (κ1) is 48.6. The van der Waals surface area contributed by atoms with E-state index in [4.69, 9.17) is 15.0 Å². The van der Waals surface area contributed by atoms with Gasteiger partial charge in [0.15, 0.2) is 17.5 Å². The number of hydrogen-bond donors (Lipinski definition) is 0. The molecule has 6 atom stereocenters. The smallest absolute Gasteiger partial charge is 0.164 e. The van der Waals surface area contributed by atoms with Crippen molar-refractivity contribution in [2.75, 3.05) is 0 Å². The Morgan fingerprint density at radius 2 is 0.831 bits per heavy atom. The maximum Gasteiger partial charge on any atom is 0.164 e. The standard InChI is InChI=1S/C80H63N3/c1-51-22-5-7-26-59(51)67-33-15-17-37-71(67)78-44-19-20-45-79-49-56(61-28-9-11-31-65(61)68-34-16-18-38-72(68)79)46-58-47-57(50-78)62-29-10-14-35-69(62)74-63(36-21-39-73(74)80(58,78)79)52-40-42-54(43-41-52)76-81-75(53-23-3-2-4-24-53)82-77(83-76)70-48-55-25-6-8-27-60(55)64-30-12-13-32-66(64)70/h2-18,21-43,48,56-58H,19-20,44-47,49-50H2,1H3. The zero-order chi connectivity index (χ0) is 54.9. The Kier molecular flexibility index (Phi) is 11.0. The number of aryl methyl sites for hydroxylation is 1. The Hall–Kier alpha value is -9.05. The first-order valence-electron chi connectivity index (χ1n) is 30.4. The lowest BCUT2D eigenvalue weighted by Crippen LogP contribution is -2.69. The van der Waals surface area contributed by atoms with Crippen molar-refractivity contribution in [2.45, 2.75) is 86.4 Å². The second-order valence-corrected chi connectivity index (χ2v) is 24.9. The molecule has 6 aliphatic carbocycles. The second kappa shape index (κ2) is 18.7. The highest BCUT2D eigenvalue weighted by Gasteiger charge is 2.74. The summed E-state index contributed by atoms with van der Waals surface area (Å²) in [5.74, 6) is 3.21. The molecule has 12 aromatic rings. The van der Waals surface area contributed by atoms with E-state index in [1.807, 2.05) is 0 Å². The van der Waals surface area contributed by atoms with Gasteiger partial charge in [-0.2, -0.15) is 0 Å². The largest absolute Gasteiger partial charge is 0.208 e. The minimum absolute atomic E-state index is 0.177. The molecule has 3 nitrogen and oxygen atoms in total. The van der Waals surface area contributed by atoms with Crippen LogP contribution in [0.3, 0.4) is 0 Å². The number of rotatable bonds is 6. The van der Waals surface area contributed by atoms with Crippen LogP contribution >= 0.6 is 0 Å². The maximum atomic E-state index is 5.41. The molecule has 18 rings (SSSR count). The first-order valence-corrected chi connectivity index (χ1v) is 30.4. The van der Waals surface area contributed by atoms with E-state index < -0.39 is 0 Å². The van der Waals surface area contributed by atoms with Crippen LogP contribution in [0, 0.1) is 12.8 Å². The molecule has 2 spiro atoms. The van der Waals surface area contributed by atoms with Crippen LogP contribution in [0.4, 0.5) is 0 Å². The van der Waals surface area contributed by atoms with Gasteiger partial charge in [0.25, 0.3) is 0 Å². The lowest BCUT2D eigenvalue weighted by atomic mass is 9.31. The van der Waals surface area contributed by atoms with Gasteiger partial charge in [-0.05, 0) is 169 Å². The summed E-state index contributed by atoms with van der Waals surface area (Å²) in [6, 6.07) is 94.8. The monoisotopic (exact) mass is 1070 g/mol. The van der Waals surface area contributed by atoms with E-state index in [9.17, 15) is 0 Å². The normalized spacial score (nSPS) is 22.6. The summed E-state index contributed by atoms with van der Waals surface area (Å²) >= 11 is 0. The summed E-state index contributed by atoms with van der Waals surface area (Å²) in [4.78, 5) is 16.0. The third-order valence-electron chi connectivity index (χ3n) is 21.2. The molecule has 4 bridgehead atoms. The number of aromatic nitrogens is 3. The fourth-order valence-corrected chi connectivity index (χ4v) is 18.4. The average Bonchev–Trinajstić information content (AvgIpc) is 1.74. The molecule has 3 heteroatoms. The molecule has 398 valence electrons. The fourth-order valence-electron chi connectivity index (χ4n) is 18.4. The van der Waals surface area contributed by atoms with E-state index in [0.29, 0.717) is 35.2 Å². The lowest BCUT2D eigenvalue weighted by Gasteiger charge is -2.71. The summed E-state index contributed by atoms with van der Waals surface area (Å²) in [7, 11) is 0. The van der Waals surface area contributed by atoms with Crippen molar-refractivity contribution in [2.24, 2.45) is 5.92 Å². The summed E-state index contributed by atoms with van der Waals surface area (Å²) in [6.45, 7) is 2.32. The molecule has 0 saturated heterocycles. The zero-order valence-corrected chi connectivity index (χ0v) is 46.9. The van der Waals surface area contributed by atoms with E-state index in [1.54, 1.807) is 22.3 Å². The van der Waals surface area contributed by atoms with E-state index >= 15 is 0 Å². The Bertz CT molecular complexity index is 4580. The lowest BCUT2D eigenvalue weighted by molar-refractivity contribution is -0.0545. The van der Waals surface area contributed by atoms with Crippen LogP contribution in [0.5, 0.6) is 0 Å². The molecule has 11 aromatic carbocycles. The second-order valence-electron chi connectivity index (χ2n) is 24.9. The molecule has 0 aliphatic heterocycles. The minimum Gasteiger partial charge on any atom is -0.208 e. The first-order chi connectivity index (χ1) is 41.0. The van der Waals surface area contributed by atoms with Crippen LogP contribution in [0.15, 0.2) is 249 Å². The highest BCUT2D eigenvalue weighted by Crippen LogP contribution is 2.79. The molecular formula is C80H63N3. The topological polar surface area (TPSA) is 38.7 Å². The van der Waals surface area contributed by atoms with Crippen LogP contribution in [-0.4, -0.2) is 15.0 Å². The summed E-state index contributed by atoms with van der Waals surface area (Å²) in [5.41, 5.74) is 22.4. The molecule has 0 radical (unpaired) electrons. The van der Waals surface area contributed by atoms with Gasteiger partial charge in [0, 0.05) is 32.9 Å². The third kappa shape index (κ3) is 7.01. The van der Waals surface area contributed by atoms with E-state index in [0.717, 1.165) is 53.1 Å². The quantitative estimate of drug-likeness (QED) is 0.156. The molecular weight excluding hydrogens is 1000 g/mol. The van der Waals surface area contributed by atoms with Gasteiger partial charge < -0.3 is 0 Å². The maximum absolute atomic E-state index is 5.41. The van der Waals surface area contributed by atoms with Gasteiger partial charge in [-0.3, -0.25) is 0 Å². The minimum atomic E-state index is -0.276. The van der Waals surface area contributed by atoms with E-state index in [1.165, 1.54) is 92.1 Å². The Labute approximate surface area is 486 Å². The van der Waals surface area contributed by atoms with Crippen molar-refractivity contribution in [3.63, 3.8) is 0 Å². The van der Waals surface area contributed by atoms with Crippen molar-refractivity contribution < 1.29 is 0 Å². The van der Waals surface area contributed by atoms with Gasteiger partial charge in [0.1, 0.15) is 0 Å². The van der Waals surface area contributed by atoms with Gasteiger partial charge in [0.05, 0.1) is 0 Å². The van der Waals surface area contributed by atoms with Crippen LogP contribution in [0.2, 0.25) is 0 Å². The Balaban J connectivity index is 0.922. The van der Waals surface area contributed by atoms with Crippen LogP contribution in [-0.2, 0) is 16.2 Å². The van der Waals surface area contributed by atoms with Crippen LogP contribution in [0.25, 0.3) is 100 Å². The van der Waals surface area contributed by atoms with Gasteiger partial charge in [0.2, 0.25) is 0 Å². The number of benzene rings is 11. The molecule has 3 fully saturated rings. The molecule has 6 aliphatic rings. The van der Waals surface area contributed by atoms with Crippen molar-refractivity contribution >= 4 is 21.5 Å². The molecule has 1 heterocycles. The molecule has 0 amide bonds. The third-order valence-corrected chi connectivity index (χ3v) is 21.2. The molecule has 0 N–H and O–H groups in total. The SMILES string of the molecule is Cc1ccccc1-c1ccccc1C12CCCCC34CC(CC5CC(C1)c1ccccc1-c1c(-c6ccc(-c7nc(-c8ccccc8)nc(-c8cc9ccccc9c9ccccc89)n7)cc6)cccc1C523)c1ccccc1-c1ccccc14. The van der Waals surface area contributed by atoms with Crippen molar-refractivity contribution in [1.29, 1.82) is 0 Å². The Morgan fingerprint density at radius 1 is 0.349 bits per heavy atom. The van der Waals surface area contributed by atoms with E-state index in [2.05, 4.69) is 256 Å². The van der Waals surface area contributed by atoms with E-state index in [-0.39, 0.29) is 16.2 Å². The van der Waals surface area contributed by atoms with Gasteiger partial charge >= 0.3 is 0 Å². The van der Waals surface area contributed by atoms with Crippen molar-refractivity contribution in [3.05, 3.63) is 282 Å². The number of hydrogen-bond acceptors (Lipinski definition) is 3. The highest BCUT2D eigenvalue weighted by molar-refractivity contribution is 6.13. The fraction of sp³-hybridized carbons (Fsp3) is 0.188. The van der Waals surface area contributed by atoms with Crippen LogP contribution in [0.1, 0.15) is 96.6 Å². The molecule has 3 saturated carbocycles. The van der Waals surface area contributed by atoms with Crippen LogP contribution < -0.4 is 0 Å². The predicted octanol–water partition coefficient (Wildman–Crippen LogP) is 20.2.